The first-order valence-electron chi connectivity index (χ1n) is 28.3. The van der Waals surface area contributed by atoms with Crippen LogP contribution >= 0.6 is 15.9 Å². The summed E-state index contributed by atoms with van der Waals surface area (Å²) in [7, 11) is -1.48. The average Bonchev–Trinajstić information content (AvgIpc) is 2.79. The molecule has 0 aliphatic heterocycles. The SMILES string of the molecule is Brc1ccc(-c2nc(-c3ccccc3)c3ccccc3n2)cc1.OB(O)c1cccc(-c2cccc3c2oc2ccccc23)c1.c1ccc(-c2nc(-c3ccc(-c4cccc(-c5cccc6c5oc5ccccc56)c4)cc3)nc3ccccc23)cc1. The Hall–Kier alpha value is -10.6. The Morgan fingerprint density at radius 1 is 0.291 bits per heavy atom. The van der Waals surface area contributed by atoms with Crippen LogP contribution in [0.4, 0.5) is 0 Å². The molecule has 0 atom stereocenters. The van der Waals surface area contributed by atoms with Crippen LogP contribution in [0.1, 0.15) is 0 Å². The molecule has 0 fully saturated rings. The largest absolute Gasteiger partial charge is 0.488 e. The molecule has 16 rings (SSSR count). The Morgan fingerprint density at radius 3 is 1.19 bits per heavy atom. The highest BCUT2D eigenvalue weighted by Crippen LogP contribution is 2.39. The van der Waals surface area contributed by atoms with Gasteiger partial charge in [0.1, 0.15) is 22.3 Å². The van der Waals surface area contributed by atoms with Crippen molar-refractivity contribution in [2.75, 3.05) is 0 Å². The zero-order valence-electron chi connectivity index (χ0n) is 46.2. The van der Waals surface area contributed by atoms with Crippen LogP contribution < -0.4 is 5.46 Å². The minimum atomic E-state index is -1.48. The Balaban J connectivity index is 0.000000123. The van der Waals surface area contributed by atoms with Crippen LogP contribution in [0.3, 0.4) is 0 Å². The molecule has 408 valence electrons. The fourth-order valence-electron chi connectivity index (χ4n) is 11.1. The number of hydrogen-bond acceptors (Lipinski definition) is 8. The van der Waals surface area contributed by atoms with Crippen molar-refractivity contribution in [1.82, 2.24) is 19.9 Å². The van der Waals surface area contributed by atoms with Gasteiger partial charge >= 0.3 is 7.12 Å². The maximum atomic E-state index is 9.35. The third kappa shape index (κ3) is 10.7. The molecular formula is C76H50BBrN4O4. The van der Waals surface area contributed by atoms with Gasteiger partial charge < -0.3 is 18.9 Å². The molecule has 12 aromatic carbocycles. The smallest absolute Gasteiger partial charge is 0.455 e. The number of halogens is 1. The quantitative estimate of drug-likeness (QED) is 0.144. The van der Waals surface area contributed by atoms with Crippen LogP contribution in [0, 0.1) is 0 Å². The lowest BCUT2D eigenvalue weighted by Crippen LogP contribution is -2.29. The predicted octanol–water partition coefficient (Wildman–Crippen LogP) is 18.9. The van der Waals surface area contributed by atoms with E-state index in [0.717, 1.165) is 149 Å². The molecule has 4 heterocycles. The van der Waals surface area contributed by atoms with Crippen molar-refractivity contribution in [3.8, 4) is 78.7 Å². The van der Waals surface area contributed by atoms with E-state index in [9.17, 15) is 10.0 Å². The van der Waals surface area contributed by atoms with Gasteiger partial charge in [0.15, 0.2) is 11.6 Å². The van der Waals surface area contributed by atoms with Gasteiger partial charge in [-0.1, -0.05) is 265 Å². The van der Waals surface area contributed by atoms with E-state index < -0.39 is 7.12 Å². The van der Waals surface area contributed by atoms with Gasteiger partial charge in [0, 0.05) is 70.2 Å². The third-order valence-corrected chi connectivity index (χ3v) is 15.9. The van der Waals surface area contributed by atoms with E-state index in [1.165, 1.54) is 0 Å². The highest BCUT2D eigenvalue weighted by molar-refractivity contribution is 9.10. The molecule has 86 heavy (non-hydrogen) atoms. The minimum absolute atomic E-state index is 0.464. The van der Waals surface area contributed by atoms with Crippen molar-refractivity contribution < 1.29 is 18.9 Å². The van der Waals surface area contributed by atoms with E-state index in [4.69, 9.17) is 28.8 Å². The van der Waals surface area contributed by atoms with E-state index in [2.05, 4.69) is 137 Å². The zero-order valence-corrected chi connectivity index (χ0v) is 47.8. The second-order valence-corrected chi connectivity index (χ2v) is 21.7. The third-order valence-electron chi connectivity index (χ3n) is 15.4. The lowest BCUT2D eigenvalue weighted by Gasteiger charge is -2.10. The van der Waals surface area contributed by atoms with Crippen LogP contribution in [0.25, 0.3) is 144 Å². The maximum Gasteiger partial charge on any atom is 0.488 e. The first-order valence-corrected chi connectivity index (χ1v) is 29.0. The molecule has 0 saturated heterocycles. The first-order chi connectivity index (χ1) is 42.4. The molecule has 0 radical (unpaired) electrons. The Kier molecular flexibility index (Phi) is 14.6. The van der Waals surface area contributed by atoms with Crippen molar-refractivity contribution in [2.45, 2.75) is 0 Å². The van der Waals surface area contributed by atoms with Gasteiger partial charge in [-0.05, 0) is 70.2 Å². The van der Waals surface area contributed by atoms with E-state index in [0.29, 0.717) is 5.46 Å². The predicted molar refractivity (Wildman–Crippen MR) is 356 cm³/mol. The summed E-state index contributed by atoms with van der Waals surface area (Å²) < 4.78 is 13.4. The lowest BCUT2D eigenvalue weighted by molar-refractivity contribution is 0.426. The molecule has 0 saturated carbocycles. The summed E-state index contributed by atoms with van der Waals surface area (Å²) in [6.45, 7) is 0. The van der Waals surface area contributed by atoms with Gasteiger partial charge in [0.2, 0.25) is 0 Å². The number of hydrogen-bond donors (Lipinski definition) is 2. The number of fused-ring (bicyclic) bond motifs is 8. The molecule has 0 amide bonds. The van der Waals surface area contributed by atoms with E-state index in [1.54, 1.807) is 12.1 Å². The molecule has 16 aromatic rings. The number of nitrogens with zero attached hydrogens (tertiary/aromatic N) is 4. The highest BCUT2D eigenvalue weighted by Gasteiger charge is 2.18. The molecule has 0 spiro atoms. The summed E-state index contributed by atoms with van der Waals surface area (Å²) in [5, 5.41) is 25.2. The standard InChI is InChI=1S/C38H24N2O.C20H13BrN2.C18H13BO3/c1-2-10-26(11-3-1)36-33-15-4-6-18-34(33)39-38(40-36)27-22-20-25(21-23-27)28-12-8-13-29(24-28)30-16-9-17-32-31-14-5-7-19-35(31)41-37(30)32;21-16-12-10-15(11-13-16)20-22-18-9-5-4-8-17(18)19(23-20)14-6-2-1-3-7-14;20-19(21)13-6-3-5-12(11-13)14-8-4-9-16-15-7-1-2-10-17(15)22-18(14)16/h1-24H;1-13H;1-11,20-21H. The average molecular weight is 1170 g/mol. The van der Waals surface area contributed by atoms with Crippen LogP contribution in [0.5, 0.6) is 0 Å². The Bertz CT molecular complexity index is 5110. The number of furan rings is 2. The summed E-state index contributed by atoms with van der Waals surface area (Å²) in [4.78, 5) is 19.5. The topological polar surface area (TPSA) is 118 Å². The first kappa shape index (κ1) is 53.4. The summed E-state index contributed by atoms with van der Waals surface area (Å²) in [6, 6.07) is 97.9. The Labute approximate surface area is 504 Å². The summed E-state index contributed by atoms with van der Waals surface area (Å²) >= 11 is 3.47. The normalized spacial score (nSPS) is 11.2. The molecule has 10 heteroatoms. The van der Waals surface area contributed by atoms with Gasteiger partial charge in [-0.3, -0.25) is 0 Å². The summed E-state index contributed by atoms with van der Waals surface area (Å²) in [6.07, 6.45) is 0. The van der Waals surface area contributed by atoms with Crippen molar-refractivity contribution in [3.05, 3.63) is 296 Å². The summed E-state index contributed by atoms with van der Waals surface area (Å²) in [5.41, 5.74) is 18.3. The lowest BCUT2D eigenvalue weighted by atomic mass is 9.79. The van der Waals surface area contributed by atoms with Gasteiger partial charge in [0.05, 0.1) is 22.4 Å². The van der Waals surface area contributed by atoms with Crippen molar-refractivity contribution in [2.24, 2.45) is 0 Å². The molecule has 0 bridgehead atoms. The van der Waals surface area contributed by atoms with E-state index in [1.807, 2.05) is 158 Å². The second-order valence-electron chi connectivity index (χ2n) is 20.8. The van der Waals surface area contributed by atoms with Gasteiger partial charge in [-0.2, -0.15) is 0 Å². The second kappa shape index (κ2) is 23.6. The molecule has 0 aliphatic rings. The van der Waals surface area contributed by atoms with E-state index >= 15 is 0 Å². The van der Waals surface area contributed by atoms with Crippen molar-refractivity contribution >= 4 is 94.2 Å². The zero-order chi connectivity index (χ0) is 57.9. The van der Waals surface area contributed by atoms with Gasteiger partial charge in [-0.15, -0.1) is 0 Å². The van der Waals surface area contributed by atoms with E-state index in [-0.39, 0.29) is 0 Å². The monoisotopic (exact) mass is 1170 g/mol. The van der Waals surface area contributed by atoms with Crippen molar-refractivity contribution in [1.29, 1.82) is 0 Å². The van der Waals surface area contributed by atoms with Crippen molar-refractivity contribution in [3.63, 3.8) is 0 Å². The molecular weight excluding hydrogens is 1120 g/mol. The van der Waals surface area contributed by atoms with Gasteiger partial charge in [0.25, 0.3) is 0 Å². The van der Waals surface area contributed by atoms with Crippen LogP contribution in [-0.4, -0.2) is 37.1 Å². The number of rotatable bonds is 8. The van der Waals surface area contributed by atoms with Crippen LogP contribution in [0.15, 0.2) is 304 Å². The molecule has 4 aromatic heterocycles. The summed E-state index contributed by atoms with van der Waals surface area (Å²) in [5.74, 6) is 1.47. The maximum absolute atomic E-state index is 9.35. The number of aromatic nitrogens is 4. The highest BCUT2D eigenvalue weighted by atomic mass is 79.9. The van der Waals surface area contributed by atoms with Crippen LogP contribution in [0.2, 0.25) is 0 Å². The Morgan fingerprint density at radius 2 is 0.674 bits per heavy atom. The van der Waals surface area contributed by atoms with Gasteiger partial charge in [-0.25, -0.2) is 19.9 Å². The fourth-order valence-corrected chi connectivity index (χ4v) is 11.4. The number of benzene rings is 12. The van der Waals surface area contributed by atoms with Crippen LogP contribution in [-0.2, 0) is 0 Å². The molecule has 8 nitrogen and oxygen atoms in total. The fraction of sp³-hybridized carbons (Fsp3) is 0. The minimum Gasteiger partial charge on any atom is -0.455 e. The molecule has 2 N–H and O–H groups in total. The molecule has 0 aliphatic carbocycles. The number of para-hydroxylation sites is 6. The molecule has 0 unspecified atom stereocenters.